The van der Waals surface area contributed by atoms with Crippen molar-refractivity contribution in [3.63, 3.8) is 0 Å². The minimum Gasteiger partial charge on any atom is -0.229 e. The summed E-state index contributed by atoms with van der Waals surface area (Å²) < 4.78 is 28.4. The Morgan fingerprint density at radius 3 is 2.67 bits per heavy atom. The summed E-state index contributed by atoms with van der Waals surface area (Å²) in [5.41, 5.74) is 0.524. The number of nitrogens with zero attached hydrogens (tertiary/aromatic N) is 2. The molecule has 2 heterocycles. The standard InChI is InChI=1S/C14H21ClN2O2S2/c1-9-7-8-17(12-6-4-3-5-11(9)12)21(18,19)13-10(2)16-14(15)20-13/h9,11-12H,3-8H2,1-2H3. The van der Waals surface area contributed by atoms with Gasteiger partial charge in [-0.2, -0.15) is 4.31 Å². The fourth-order valence-corrected chi connectivity index (χ4v) is 7.43. The summed E-state index contributed by atoms with van der Waals surface area (Å²) >= 11 is 6.98. The number of fused-ring (bicyclic) bond motifs is 1. The summed E-state index contributed by atoms with van der Waals surface area (Å²) in [4.78, 5) is 4.07. The third-order valence-electron chi connectivity index (χ3n) is 4.96. The Labute approximate surface area is 135 Å². The van der Waals surface area contributed by atoms with Crippen LogP contribution in [0.2, 0.25) is 4.47 Å². The maximum Gasteiger partial charge on any atom is 0.254 e. The summed E-state index contributed by atoms with van der Waals surface area (Å²) in [5, 5.41) is 0. The molecule has 2 aliphatic rings. The lowest BCUT2D eigenvalue weighted by molar-refractivity contribution is 0.0828. The number of sulfonamides is 1. The molecule has 0 N–H and O–H groups in total. The Bertz CT molecular complexity index is 629. The van der Waals surface area contributed by atoms with E-state index in [1.807, 2.05) is 0 Å². The maximum absolute atomic E-state index is 13.0. The number of aromatic nitrogens is 1. The average molecular weight is 349 g/mol. The Kier molecular flexibility index (Phi) is 4.34. The topological polar surface area (TPSA) is 50.3 Å². The molecule has 0 bridgehead atoms. The number of rotatable bonds is 2. The molecule has 1 aliphatic heterocycles. The monoisotopic (exact) mass is 348 g/mol. The van der Waals surface area contributed by atoms with Crippen LogP contribution in [-0.4, -0.2) is 30.3 Å². The van der Waals surface area contributed by atoms with E-state index in [4.69, 9.17) is 11.6 Å². The molecule has 21 heavy (non-hydrogen) atoms. The molecule has 0 amide bonds. The first-order valence-electron chi connectivity index (χ1n) is 7.56. The van der Waals surface area contributed by atoms with Crippen molar-refractivity contribution in [1.82, 2.24) is 9.29 Å². The van der Waals surface area contributed by atoms with Crippen LogP contribution in [0.15, 0.2) is 4.21 Å². The Morgan fingerprint density at radius 1 is 1.29 bits per heavy atom. The van der Waals surface area contributed by atoms with Gasteiger partial charge in [-0.1, -0.05) is 42.7 Å². The summed E-state index contributed by atoms with van der Waals surface area (Å²) in [6.45, 7) is 4.61. The molecule has 1 saturated carbocycles. The third kappa shape index (κ3) is 2.76. The lowest BCUT2D eigenvalue weighted by Gasteiger charge is -2.46. The zero-order chi connectivity index (χ0) is 15.2. The van der Waals surface area contributed by atoms with Gasteiger partial charge in [-0.3, -0.25) is 0 Å². The second-order valence-electron chi connectivity index (χ2n) is 6.24. The molecule has 3 atom stereocenters. The van der Waals surface area contributed by atoms with Crippen LogP contribution in [0.4, 0.5) is 0 Å². The van der Waals surface area contributed by atoms with Crippen LogP contribution >= 0.6 is 22.9 Å². The first-order valence-corrected chi connectivity index (χ1v) is 10.2. The number of hydrogen-bond donors (Lipinski definition) is 0. The van der Waals surface area contributed by atoms with Gasteiger partial charge in [0.25, 0.3) is 10.0 Å². The predicted molar refractivity (Wildman–Crippen MR) is 85.3 cm³/mol. The van der Waals surface area contributed by atoms with Gasteiger partial charge in [-0.15, -0.1) is 0 Å². The molecule has 1 saturated heterocycles. The molecular weight excluding hydrogens is 328 g/mol. The zero-order valence-corrected chi connectivity index (χ0v) is 14.8. The molecule has 1 aliphatic carbocycles. The molecule has 4 nitrogen and oxygen atoms in total. The summed E-state index contributed by atoms with van der Waals surface area (Å²) in [6, 6.07) is 0.160. The van der Waals surface area contributed by atoms with Crippen molar-refractivity contribution in [2.45, 2.75) is 56.2 Å². The maximum atomic E-state index is 13.0. The van der Waals surface area contributed by atoms with Crippen molar-refractivity contribution in [2.75, 3.05) is 6.54 Å². The highest BCUT2D eigenvalue weighted by atomic mass is 35.5. The van der Waals surface area contributed by atoms with Crippen molar-refractivity contribution in [3.8, 4) is 0 Å². The van der Waals surface area contributed by atoms with Gasteiger partial charge in [0, 0.05) is 12.6 Å². The van der Waals surface area contributed by atoms with Crippen LogP contribution in [0.25, 0.3) is 0 Å². The first-order chi connectivity index (χ1) is 9.91. The van der Waals surface area contributed by atoms with Gasteiger partial charge >= 0.3 is 0 Å². The highest BCUT2D eigenvalue weighted by Crippen LogP contribution is 2.42. The number of piperidine rings is 1. The predicted octanol–water partition coefficient (Wildman–Crippen LogP) is 3.69. The molecular formula is C14H21ClN2O2S2. The van der Waals surface area contributed by atoms with Crippen molar-refractivity contribution < 1.29 is 8.42 Å². The van der Waals surface area contributed by atoms with Crippen LogP contribution in [0.3, 0.4) is 0 Å². The van der Waals surface area contributed by atoms with E-state index in [1.54, 1.807) is 11.2 Å². The van der Waals surface area contributed by atoms with E-state index in [0.717, 1.165) is 37.0 Å². The van der Waals surface area contributed by atoms with Gasteiger partial charge in [-0.25, -0.2) is 13.4 Å². The molecule has 1 aromatic rings. The molecule has 118 valence electrons. The summed E-state index contributed by atoms with van der Waals surface area (Å²) in [6.07, 6.45) is 5.44. The fraction of sp³-hybridized carbons (Fsp3) is 0.786. The van der Waals surface area contributed by atoms with E-state index >= 15 is 0 Å². The van der Waals surface area contributed by atoms with Crippen molar-refractivity contribution in [1.29, 1.82) is 0 Å². The minimum absolute atomic E-state index is 0.160. The molecule has 3 rings (SSSR count). The first kappa shape index (κ1) is 15.7. The van der Waals surface area contributed by atoms with Gasteiger partial charge in [0.1, 0.15) is 0 Å². The molecule has 2 fully saturated rings. The molecule has 3 unspecified atom stereocenters. The van der Waals surface area contributed by atoms with Crippen molar-refractivity contribution >= 4 is 33.0 Å². The highest BCUT2D eigenvalue weighted by Gasteiger charge is 2.43. The summed E-state index contributed by atoms with van der Waals surface area (Å²) in [5.74, 6) is 1.12. The molecule has 0 radical (unpaired) electrons. The molecule has 1 aromatic heterocycles. The van der Waals surface area contributed by atoms with E-state index in [1.165, 1.54) is 6.42 Å². The van der Waals surface area contributed by atoms with Gasteiger partial charge < -0.3 is 0 Å². The second-order valence-corrected chi connectivity index (χ2v) is 9.90. The normalized spacial score (nSPS) is 31.1. The van der Waals surface area contributed by atoms with Gasteiger partial charge in [0.05, 0.1) is 5.69 Å². The van der Waals surface area contributed by atoms with Crippen molar-refractivity contribution in [3.05, 3.63) is 10.2 Å². The fourth-order valence-electron chi connectivity index (χ4n) is 3.87. The van der Waals surface area contributed by atoms with Gasteiger partial charge in [-0.05, 0) is 38.0 Å². The van der Waals surface area contributed by atoms with Crippen LogP contribution in [0.1, 0.15) is 44.7 Å². The van der Waals surface area contributed by atoms with E-state index in [2.05, 4.69) is 11.9 Å². The van der Waals surface area contributed by atoms with Gasteiger partial charge in [0.2, 0.25) is 0 Å². The molecule has 0 aromatic carbocycles. The van der Waals surface area contributed by atoms with Crippen LogP contribution in [-0.2, 0) is 10.0 Å². The lowest BCUT2D eigenvalue weighted by atomic mass is 9.74. The third-order valence-corrected chi connectivity index (χ3v) is 8.73. The average Bonchev–Trinajstić information content (AvgIpc) is 2.79. The smallest absolute Gasteiger partial charge is 0.229 e. The van der Waals surface area contributed by atoms with E-state index < -0.39 is 10.0 Å². The lowest BCUT2D eigenvalue weighted by Crippen LogP contribution is -2.52. The van der Waals surface area contributed by atoms with E-state index in [-0.39, 0.29) is 6.04 Å². The molecule has 0 spiro atoms. The van der Waals surface area contributed by atoms with Gasteiger partial charge in [0.15, 0.2) is 8.68 Å². The zero-order valence-electron chi connectivity index (χ0n) is 12.4. The Morgan fingerprint density at radius 2 is 2.00 bits per heavy atom. The van der Waals surface area contributed by atoms with E-state index in [0.29, 0.717) is 32.8 Å². The number of aryl methyl sites for hydroxylation is 1. The summed E-state index contributed by atoms with van der Waals surface area (Å²) in [7, 11) is -3.46. The molecule has 7 heteroatoms. The van der Waals surface area contributed by atoms with Crippen LogP contribution < -0.4 is 0 Å². The highest BCUT2D eigenvalue weighted by molar-refractivity contribution is 7.91. The minimum atomic E-state index is -3.46. The van der Waals surface area contributed by atoms with Crippen molar-refractivity contribution in [2.24, 2.45) is 11.8 Å². The number of thiazole rings is 1. The number of hydrogen-bond acceptors (Lipinski definition) is 4. The Balaban J connectivity index is 1.96. The largest absolute Gasteiger partial charge is 0.254 e. The van der Waals surface area contributed by atoms with E-state index in [9.17, 15) is 8.42 Å². The van der Waals surface area contributed by atoms with Crippen LogP contribution in [0, 0.1) is 18.8 Å². The Hall–Kier alpha value is -0.170. The SMILES string of the molecule is Cc1nc(Cl)sc1S(=O)(=O)N1CCC(C)C2CCCCC21. The quantitative estimate of drug-likeness (QED) is 0.818. The second kappa shape index (κ2) is 5.80. The number of halogens is 1. The van der Waals surface area contributed by atoms with Crippen LogP contribution in [0.5, 0.6) is 0 Å².